The van der Waals surface area contributed by atoms with Crippen molar-refractivity contribution in [1.82, 2.24) is 10.3 Å². The molecule has 3 heteroatoms. The molecule has 0 saturated heterocycles. The number of nitrogens with one attached hydrogen (secondary N) is 2. The van der Waals surface area contributed by atoms with E-state index in [1.54, 1.807) is 0 Å². The lowest BCUT2D eigenvalue weighted by Gasteiger charge is -1.99. The average molecular weight is 223 g/mol. The molecule has 1 aromatic carbocycles. The van der Waals surface area contributed by atoms with E-state index < -0.39 is 0 Å². The van der Waals surface area contributed by atoms with E-state index in [0.29, 0.717) is 0 Å². The molecule has 0 amide bonds. The second kappa shape index (κ2) is 4.69. The third-order valence-electron chi connectivity index (χ3n) is 2.40. The summed E-state index contributed by atoms with van der Waals surface area (Å²) in [6.45, 7) is 4.08. The maximum Gasteiger partial charge on any atom is 0.0647 e. The normalized spacial score (nSPS) is 11.1. The Bertz CT molecular complexity index is 448. The Morgan fingerprint density at radius 2 is 2.27 bits per heavy atom. The number of aromatic amines is 1. The largest absolute Gasteiger partial charge is 0.356 e. The molecule has 0 radical (unpaired) electrons. The first-order chi connectivity index (χ1) is 7.31. The fourth-order valence-corrected chi connectivity index (χ4v) is 1.90. The quantitative estimate of drug-likeness (QED) is 0.764. The Morgan fingerprint density at radius 3 is 3.00 bits per heavy atom. The van der Waals surface area contributed by atoms with Crippen LogP contribution in [0.3, 0.4) is 0 Å². The van der Waals surface area contributed by atoms with E-state index in [1.807, 2.05) is 12.1 Å². The number of para-hydroxylation sites is 1. The van der Waals surface area contributed by atoms with Crippen LogP contribution in [0.2, 0.25) is 5.02 Å². The van der Waals surface area contributed by atoms with Crippen LogP contribution in [0.25, 0.3) is 10.9 Å². The van der Waals surface area contributed by atoms with Gasteiger partial charge in [-0.2, -0.15) is 0 Å². The van der Waals surface area contributed by atoms with Crippen LogP contribution in [0.4, 0.5) is 0 Å². The molecule has 2 rings (SSSR count). The summed E-state index contributed by atoms with van der Waals surface area (Å²) >= 11 is 6.08. The Morgan fingerprint density at radius 1 is 1.40 bits per heavy atom. The zero-order valence-electron chi connectivity index (χ0n) is 8.81. The first-order valence-corrected chi connectivity index (χ1v) is 5.66. The van der Waals surface area contributed by atoms with Crippen LogP contribution in [-0.2, 0) is 6.54 Å². The molecule has 0 bridgehead atoms. The molecule has 2 aromatic rings. The van der Waals surface area contributed by atoms with Crippen LogP contribution < -0.4 is 5.32 Å². The van der Waals surface area contributed by atoms with Crippen molar-refractivity contribution in [2.75, 3.05) is 6.54 Å². The predicted molar refractivity (Wildman–Crippen MR) is 65.3 cm³/mol. The molecule has 0 fully saturated rings. The molecule has 0 aliphatic rings. The number of fused-ring (bicyclic) bond motifs is 1. The highest BCUT2D eigenvalue weighted by molar-refractivity contribution is 6.35. The van der Waals surface area contributed by atoms with Gasteiger partial charge in [0.05, 0.1) is 10.5 Å². The Kier molecular flexibility index (Phi) is 3.29. The summed E-state index contributed by atoms with van der Waals surface area (Å²) in [7, 11) is 0. The number of aromatic nitrogens is 1. The number of H-pyrrole nitrogens is 1. The van der Waals surface area contributed by atoms with Gasteiger partial charge >= 0.3 is 0 Å². The Balaban J connectivity index is 2.20. The number of hydrogen-bond donors (Lipinski definition) is 2. The van der Waals surface area contributed by atoms with Gasteiger partial charge in [-0.15, -0.1) is 0 Å². The minimum atomic E-state index is 0.786. The van der Waals surface area contributed by atoms with Crippen LogP contribution in [0.5, 0.6) is 0 Å². The molecule has 0 atom stereocenters. The first kappa shape index (κ1) is 10.5. The molecule has 15 heavy (non-hydrogen) atoms. The van der Waals surface area contributed by atoms with Gasteiger partial charge in [-0.3, -0.25) is 0 Å². The molecule has 0 aliphatic heterocycles. The van der Waals surface area contributed by atoms with Crippen molar-refractivity contribution < 1.29 is 0 Å². The van der Waals surface area contributed by atoms with Gasteiger partial charge in [-0.05, 0) is 25.1 Å². The van der Waals surface area contributed by atoms with Gasteiger partial charge in [0, 0.05) is 17.6 Å². The number of hydrogen-bond acceptors (Lipinski definition) is 1. The van der Waals surface area contributed by atoms with Gasteiger partial charge in [0.15, 0.2) is 0 Å². The van der Waals surface area contributed by atoms with Crippen LogP contribution in [0, 0.1) is 0 Å². The van der Waals surface area contributed by atoms with E-state index in [2.05, 4.69) is 29.4 Å². The zero-order chi connectivity index (χ0) is 10.7. The molecule has 1 aromatic heterocycles. The highest BCUT2D eigenvalue weighted by Gasteiger charge is 2.02. The predicted octanol–water partition coefficient (Wildman–Crippen LogP) is 3.32. The Hall–Kier alpha value is -0.990. The number of rotatable bonds is 4. The van der Waals surface area contributed by atoms with Gasteiger partial charge in [0.1, 0.15) is 0 Å². The van der Waals surface area contributed by atoms with E-state index in [0.717, 1.165) is 30.0 Å². The van der Waals surface area contributed by atoms with E-state index in [-0.39, 0.29) is 0 Å². The van der Waals surface area contributed by atoms with E-state index in [1.165, 1.54) is 11.1 Å². The van der Waals surface area contributed by atoms with Gasteiger partial charge in [-0.25, -0.2) is 0 Å². The fraction of sp³-hybridized carbons (Fsp3) is 0.333. The van der Waals surface area contributed by atoms with Crippen molar-refractivity contribution in [3.05, 3.63) is 35.0 Å². The SMILES string of the molecule is CCCNCc1cc2cccc(Cl)c2[nH]1. The van der Waals surface area contributed by atoms with Crippen molar-refractivity contribution in [3.63, 3.8) is 0 Å². The van der Waals surface area contributed by atoms with Gasteiger partial charge in [0.25, 0.3) is 0 Å². The molecule has 0 aliphatic carbocycles. The van der Waals surface area contributed by atoms with Crippen molar-refractivity contribution in [3.8, 4) is 0 Å². The standard InChI is InChI=1S/C12H15ClN2/c1-2-6-14-8-10-7-9-4-3-5-11(13)12(9)15-10/h3-5,7,14-15H,2,6,8H2,1H3. The summed E-state index contributed by atoms with van der Waals surface area (Å²) < 4.78 is 0. The molecular weight excluding hydrogens is 208 g/mol. The summed E-state index contributed by atoms with van der Waals surface area (Å²) in [6.07, 6.45) is 1.15. The summed E-state index contributed by atoms with van der Waals surface area (Å²) in [4.78, 5) is 3.33. The number of halogens is 1. The molecule has 0 saturated carbocycles. The molecule has 80 valence electrons. The first-order valence-electron chi connectivity index (χ1n) is 5.28. The second-order valence-corrected chi connectivity index (χ2v) is 4.08. The summed E-state index contributed by atoms with van der Waals surface area (Å²) in [6, 6.07) is 8.09. The molecule has 2 nitrogen and oxygen atoms in total. The van der Waals surface area contributed by atoms with E-state index in [9.17, 15) is 0 Å². The highest BCUT2D eigenvalue weighted by atomic mass is 35.5. The monoisotopic (exact) mass is 222 g/mol. The van der Waals surface area contributed by atoms with Gasteiger partial charge in [-0.1, -0.05) is 30.7 Å². The summed E-state index contributed by atoms with van der Waals surface area (Å²) in [5, 5.41) is 5.32. The van der Waals surface area contributed by atoms with Crippen molar-refractivity contribution in [2.45, 2.75) is 19.9 Å². The summed E-state index contributed by atoms with van der Waals surface area (Å²) in [5.41, 5.74) is 2.22. The van der Waals surface area contributed by atoms with Crippen LogP contribution in [-0.4, -0.2) is 11.5 Å². The fourth-order valence-electron chi connectivity index (χ4n) is 1.67. The highest BCUT2D eigenvalue weighted by Crippen LogP contribution is 2.23. The molecule has 2 N–H and O–H groups in total. The lowest BCUT2D eigenvalue weighted by molar-refractivity contribution is 0.667. The maximum absolute atomic E-state index is 6.08. The minimum absolute atomic E-state index is 0.786. The van der Waals surface area contributed by atoms with Crippen LogP contribution in [0.1, 0.15) is 19.0 Å². The topological polar surface area (TPSA) is 27.8 Å². The van der Waals surface area contributed by atoms with E-state index >= 15 is 0 Å². The zero-order valence-corrected chi connectivity index (χ0v) is 9.56. The smallest absolute Gasteiger partial charge is 0.0647 e. The third kappa shape index (κ3) is 2.33. The van der Waals surface area contributed by atoms with E-state index in [4.69, 9.17) is 11.6 Å². The van der Waals surface area contributed by atoms with Crippen molar-refractivity contribution >= 4 is 22.5 Å². The third-order valence-corrected chi connectivity index (χ3v) is 2.72. The Labute approximate surface area is 94.6 Å². The van der Waals surface area contributed by atoms with Gasteiger partial charge in [0.2, 0.25) is 0 Å². The molecule has 0 unspecified atom stereocenters. The lowest BCUT2D eigenvalue weighted by Crippen LogP contribution is -2.13. The van der Waals surface area contributed by atoms with Crippen LogP contribution in [0.15, 0.2) is 24.3 Å². The van der Waals surface area contributed by atoms with Crippen molar-refractivity contribution in [1.29, 1.82) is 0 Å². The molecule has 0 spiro atoms. The minimum Gasteiger partial charge on any atom is -0.356 e. The maximum atomic E-state index is 6.08. The van der Waals surface area contributed by atoms with Crippen LogP contribution >= 0.6 is 11.6 Å². The average Bonchev–Trinajstić information content (AvgIpc) is 2.63. The van der Waals surface area contributed by atoms with Gasteiger partial charge < -0.3 is 10.3 Å². The van der Waals surface area contributed by atoms with Crippen molar-refractivity contribution in [2.24, 2.45) is 0 Å². The number of benzene rings is 1. The molecular formula is C12H15ClN2. The lowest BCUT2D eigenvalue weighted by atomic mass is 10.2. The molecule has 1 heterocycles. The second-order valence-electron chi connectivity index (χ2n) is 3.68. The summed E-state index contributed by atoms with van der Waals surface area (Å²) in [5.74, 6) is 0.